The Morgan fingerprint density at radius 3 is 2.13 bits per heavy atom. The van der Waals surface area contributed by atoms with Gasteiger partial charge in [0, 0.05) is 5.41 Å². The van der Waals surface area contributed by atoms with Crippen LogP contribution in [-0.4, -0.2) is 60.5 Å². The Morgan fingerprint density at radius 1 is 1.03 bits per heavy atom. The Bertz CT molecular complexity index is 986. The minimum Gasteiger partial charge on any atom is -0.744 e. The summed E-state index contributed by atoms with van der Waals surface area (Å²) in [7, 11) is -4.94. The first-order chi connectivity index (χ1) is 14.5. The highest BCUT2D eigenvalue weighted by Crippen LogP contribution is 2.61. The number of ether oxygens (including phenoxy) is 2. The molecule has 0 radical (unpaired) electrons. The number of rotatable bonds is 7. The zero-order valence-corrected chi connectivity index (χ0v) is 17.7. The van der Waals surface area contributed by atoms with Gasteiger partial charge in [0.05, 0.1) is 34.8 Å². The highest BCUT2D eigenvalue weighted by Gasteiger charge is 2.57. The van der Waals surface area contributed by atoms with Crippen LogP contribution in [0.5, 0.6) is 0 Å². The number of hydrogen-bond donors (Lipinski definition) is 2. The van der Waals surface area contributed by atoms with Crippen molar-refractivity contribution in [1.29, 1.82) is 0 Å². The summed E-state index contributed by atoms with van der Waals surface area (Å²) in [5.41, 5.74) is -1.58. The molecule has 2 atom stereocenters. The van der Waals surface area contributed by atoms with E-state index in [9.17, 15) is 27.7 Å². The standard InChI is InChI=1S/C21H26O9S/c22-1-2-29-18(23)15-4-16(6-17(5-15)31(26,27)28)19(24)30-12-20-7-13-3-14(8-20)10-21(25,9-13)11-20/h4-6,13-14,22,25H,1-3,7-12H2,(H,26,27,28)/p-1. The molecule has 0 spiro atoms. The molecule has 1 aromatic carbocycles. The summed E-state index contributed by atoms with van der Waals surface area (Å²) in [4.78, 5) is 24.0. The molecule has 0 aromatic heterocycles. The molecule has 10 heteroatoms. The van der Waals surface area contributed by atoms with E-state index in [-0.39, 0.29) is 29.8 Å². The van der Waals surface area contributed by atoms with Gasteiger partial charge in [-0.2, -0.15) is 0 Å². The van der Waals surface area contributed by atoms with Crippen molar-refractivity contribution in [3.63, 3.8) is 0 Å². The maximum absolute atomic E-state index is 12.7. The number of hydrogen-bond acceptors (Lipinski definition) is 9. The predicted octanol–water partition coefficient (Wildman–Crippen LogP) is 1.23. The van der Waals surface area contributed by atoms with Crippen LogP contribution in [0.1, 0.15) is 59.2 Å². The first-order valence-electron chi connectivity index (χ1n) is 10.3. The summed E-state index contributed by atoms with van der Waals surface area (Å²) in [6.45, 7) is -0.670. The van der Waals surface area contributed by atoms with E-state index >= 15 is 0 Å². The van der Waals surface area contributed by atoms with Gasteiger partial charge >= 0.3 is 11.9 Å². The molecule has 170 valence electrons. The van der Waals surface area contributed by atoms with Gasteiger partial charge in [-0.1, -0.05) is 0 Å². The SMILES string of the molecule is O=C(OCCO)c1cc(C(=O)OCC23CC4CC(CC(O)(C4)C2)C3)cc(S(=O)(=O)[O-])c1. The largest absolute Gasteiger partial charge is 0.744 e. The fourth-order valence-corrected chi connectivity index (χ4v) is 6.62. The molecule has 1 aromatic rings. The highest BCUT2D eigenvalue weighted by atomic mass is 32.2. The Hall–Kier alpha value is -2.01. The van der Waals surface area contributed by atoms with Crippen LogP contribution in [0.2, 0.25) is 0 Å². The topological polar surface area (TPSA) is 150 Å². The Labute approximate surface area is 180 Å². The summed E-state index contributed by atoms with van der Waals surface area (Å²) < 4.78 is 44.7. The van der Waals surface area contributed by atoms with E-state index in [0.29, 0.717) is 18.3 Å². The van der Waals surface area contributed by atoms with Gasteiger partial charge in [-0.25, -0.2) is 18.0 Å². The molecule has 31 heavy (non-hydrogen) atoms. The number of benzene rings is 1. The van der Waals surface area contributed by atoms with Gasteiger partial charge in [0.1, 0.15) is 16.7 Å². The Kier molecular flexibility index (Phi) is 5.61. The summed E-state index contributed by atoms with van der Waals surface area (Å²) >= 11 is 0. The van der Waals surface area contributed by atoms with Crippen LogP contribution in [0.25, 0.3) is 0 Å². The maximum Gasteiger partial charge on any atom is 0.338 e. The van der Waals surface area contributed by atoms with Crippen LogP contribution < -0.4 is 0 Å². The van der Waals surface area contributed by atoms with Crippen LogP contribution in [0.4, 0.5) is 0 Å². The number of carbonyl (C=O) groups excluding carboxylic acids is 2. The molecule has 4 aliphatic rings. The van der Waals surface area contributed by atoms with Gasteiger partial charge in [0.15, 0.2) is 0 Å². The normalized spacial score (nSPS) is 31.5. The van der Waals surface area contributed by atoms with Crippen molar-refractivity contribution in [2.24, 2.45) is 17.3 Å². The summed E-state index contributed by atoms with van der Waals surface area (Å²) in [5, 5.41) is 19.6. The Morgan fingerprint density at radius 2 is 1.61 bits per heavy atom. The molecule has 4 bridgehead atoms. The Balaban J connectivity index is 1.53. The lowest BCUT2D eigenvalue weighted by molar-refractivity contribution is -0.175. The molecule has 0 saturated heterocycles. The van der Waals surface area contributed by atoms with E-state index in [1.165, 1.54) is 0 Å². The number of carbonyl (C=O) groups is 2. The lowest BCUT2D eigenvalue weighted by Crippen LogP contribution is -2.57. The minimum absolute atomic E-state index is 0.0831. The van der Waals surface area contributed by atoms with Crippen LogP contribution in [0.3, 0.4) is 0 Å². The molecule has 4 saturated carbocycles. The fourth-order valence-electron chi connectivity index (χ4n) is 6.07. The smallest absolute Gasteiger partial charge is 0.338 e. The van der Waals surface area contributed by atoms with Crippen molar-refractivity contribution in [1.82, 2.24) is 0 Å². The lowest BCUT2D eigenvalue weighted by Gasteiger charge is -2.59. The molecule has 4 fully saturated rings. The van der Waals surface area contributed by atoms with Gasteiger partial charge < -0.3 is 24.2 Å². The van der Waals surface area contributed by atoms with E-state index in [0.717, 1.165) is 50.3 Å². The molecule has 4 aliphatic carbocycles. The van der Waals surface area contributed by atoms with E-state index in [1.807, 2.05) is 0 Å². The van der Waals surface area contributed by atoms with Gasteiger partial charge in [-0.05, 0) is 68.6 Å². The van der Waals surface area contributed by atoms with Crippen molar-refractivity contribution in [2.45, 2.75) is 49.0 Å². The zero-order valence-electron chi connectivity index (χ0n) is 16.9. The monoisotopic (exact) mass is 453 g/mol. The third kappa shape index (κ3) is 4.62. The van der Waals surface area contributed by atoms with Crippen molar-refractivity contribution >= 4 is 22.1 Å². The quantitative estimate of drug-likeness (QED) is 0.459. The second-order valence-corrected chi connectivity index (χ2v) is 10.7. The average Bonchev–Trinajstić information content (AvgIpc) is 2.67. The molecule has 0 heterocycles. The zero-order chi connectivity index (χ0) is 22.4. The molecular weight excluding hydrogens is 428 g/mol. The number of aliphatic hydroxyl groups excluding tert-OH is 1. The van der Waals surface area contributed by atoms with E-state index in [4.69, 9.17) is 14.6 Å². The van der Waals surface area contributed by atoms with Gasteiger partial charge in [0.25, 0.3) is 0 Å². The van der Waals surface area contributed by atoms with Gasteiger partial charge in [-0.3, -0.25) is 0 Å². The first kappa shape index (κ1) is 22.2. The third-order valence-electron chi connectivity index (χ3n) is 6.65. The van der Waals surface area contributed by atoms with Gasteiger partial charge in [-0.15, -0.1) is 0 Å². The van der Waals surface area contributed by atoms with Crippen LogP contribution in [0.15, 0.2) is 23.1 Å². The molecule has 5 rings (SSSR count). The number of aliphatic hydroxyl groups is 2. The molecule has 0 amide bonds. The molecular formula is C21H25O9S-. The summed E-state index contributed by atoms with van der Waals surface area (Å²) in [6, 6.07) is 2.80. The highest BCUT2D eigenvalue weighted by molar-refractivity contribution is 7.85. The first-order valence-corrected chi connectivity index (χ1v) is 11.7. The van der Waals surface area contributed by atoms with Crippen molar-refractivity contribution in [3.8, 4) is 0 Å². The molecule has 0 aliphatic heterocycles. The minimum atomic E-state index is -4.94. The maximum atomic E-state index is 12.7. The summed E-state index contributed by atoms with van der Waals surface area (Å²) in [5.74, 6) is -1.01. The molecule has 2 unspecified atom stereocenters. The van der Waals surface area contributed by atoms with E-state index in [2.05, 4.69) is 0 Å². The predicted molar refractivity (Wildman–Crippen MR) is 104 cm³/mol. The second kappa shape index (κ2) is 7.84. The van der Waals surface area contributed by atoms with Crippen LogP contribution in [-0.2, 0) is 19.6 Å². The van der Waals surface area contributed by atoms with E-state index < -0.39 is 39.2 Å². The van der Waals surface area contributed by atoms with Gasteiger partial charge in [0.2, 0.25) is 0 Å². The third-order valence-corrected chi connectivity index (χ3v) is 7.46. The second-order valence-electron chi connectivity index (χ2n) is 9.32. The van der Waals surface area contributed by atoms with Crippen LogP contribution >= 0.6 is 0 Å². The van der Waals surface area contributed by atoms with Crippen molar-refractivity contribution in [3.05, 3.63) is 29.3 Å². The van der Waals surface area contributed by atoms with Crippen molar-refractivity contribution in [2.75, 3.05) is 19.8 Å². The molecule has 2 N–H and O–H groups in total. The van der Waals surface area contributed by atoms with E-state index in [1.54, 1.807) is 0 Å². The fraction of sp³-hybridized carbons (Fsp3) is 0.619. The number of esters is 2. The summed E-state index contributed by atoms with van der Waals surface area (Å²) in [6.07, 6.45) is 4.94. The van der Waals surface area contributed by atoms with Crippen LogP contribution in [0, 0.1) is 17.3 Å². The molecule has 9 nitrogen and oxygen atoms in total. The van der Waals surface area contributed by atoms with Crippen molar-refractivity contribution < 1.29 is 42.2 Å². The average molecular weight is 453 g/mol. The lowest BCUT2D eigenvalue weighted by atomic mass is 9.48.